The Labute approximate surface area is 154 Å². The first-order chi connectivity index (χ1) is 12.7. The van der Waals surface area contributed by atoms with Crippen molar-refractivity contribution in [1.82, 2.24) is 24.7 Å². The van der Waals surface area contributed by atoms with Gasteiger partial charge in [-0.2, -0.15) is 9.36 Å². The van der Waals surface area contributed by atoms with Gasteiger partial charge in [-0.3, -0.25) is 4.90 Å². The number of benzene rings is 1. The first-order valence-corrected chi connectivity index (χ1v) is 9.30. The van der Waals surface area contributed by atoms with Crippen LogP contribution in [0.15, 0.2) is 51.0 Å². The first-order valence-electron chi connectivity index (χ1n) is 8.42. The Morgan fingerprint density at radius 3 is 2.81 bits per heavy atom. The number of thiophene rings is 1. The highest BCUT2D eigenvalue weighted by atomic mass is 32.1. The maximum absolute atomic E-state index is 12.5. The second-order valence-corrected chi connectivity index (χ2v) is 7.06. The van der Waals surface area contributed by atoms with Gasteiger partial charge in [0.2, 0.25) is 0 Å². The highest BCUT2D eigenvalue weighted by Crippen LogP contribution is 2.27. The fourth-order valence-electron chi connectivity index (χ4n) is 3.05. The summed E-state index contributed by atoms with van der Waals surface area (Å²) in [5.74, 6) is 0.979. The van der Waals surface area contributed by atoms with Crippen LogP contribution in [0.4, 0.5) is 0 Å². The fourth-order valence-corrected chi connectivity index (χ4v) is 3.72. The number of tetrazole rings is 1. The Morgan fingerprint density at radius 1 is 1.19 bits per heavy atom. The molecule has 26 heavy (non-hydrogen) atoms. The number of furan rings is 1. The van der Waals surface area contributed by atoms with E-state index in [0.717, 1.165) is 33.7 Å². The van der Waals surface area contributed by atoms with E-state index in [0.29, 0.717) is 13.2 Å². The van der Waals surface area contributed by atoms with Crippen LogP contribution in [0.1, 0.15) is 18.2 Å². The van der Waals surface area contributed by atoms with E-state index in [-0.39, 0.29) is 5.69 Å². The smallest absolute Gasteiger partial charge is 0.370 e. The lowest BCUT2D eigenvalue weighted by atomic mass is 10.1. The standard InChI is InChI=1S/C18H19N5O2S/c1-3-15-14(13-7-4-5-8-16(13)25-15)11-21(2)12-22-18(24)23(20-19-22)17-9-6-10-26-17/h4-10H,3,11-12H2,1-2H3. The molecule has 0 atom stereocenters. The van der Waals surface area contributed by atoms with Gasteiger partial charge in [-0.25, -0.2) is 4.79 Å². The molecule has 0 aliphatic rings. The quantitative estimate of drug-likeness (QED) is 0.523. The zero-order valence-electron chi connectivity index (χ0n) is 14.6. The number of nitrogens with zero attached hydrogens (tertiary/aromatic N) is 5. The molecule has 0 spiro atoms. The van der Waals surface area contributed by atoms with Gasteiger partial charge in [0.15, 0.2) is 0 Å². The summed E-state index contributed by atoms with van der Waals surface area (Å²) >= 11 is 1.45. The van der Waals surface area contributed by atoms with E-state index < -0.39 is 0 Å². The molecule has 134 valence electrons. The van der Waals surface area contributed by atoms with Gasteiger partial charge in [0, 0.05) is 23.9 Å². The second kappa shape index (κ2) is 6.89. The molecule has 0 aliphatic carbocycles. The lowest BCUT2D eigenvalue weighted by Gasteiger charge is -2.15. The van der Waals surface area contributed by atoms with E-state index in [4.69, 9.17) is 4.42 Å². The van der Waals surface area contributed by atoms with Crippen LogP contribution < -0.4 is 5.69 Å². The van der Waals surface area contributed by atoms with Gasteiger partial charge in [-0.1, -0.05) is 25.1 Å². The summed E-state index contributed by atoms with van der Waals surface area (Å²) in [5, 5.41) is 11.8. The molecule has 0 saturated heterocycles. The van der Waals surface area contributed by atoms with Crippen molar-refractivity contribution in [3.8, 4) is 5.00 Å². The summed E-state index contributed by atoms with van der Waals surface area (Å²) in [5.41, 5.74) is 1.81. The minimum atomic E-state index is -0.243. The molecule has 7 nitrogen and oxygen atoms in total. The first kappa shape index (κ1) is 16.7. The average Bonchev–Trinajstić information content (AvgIpc) is 3.36. The molecule has 3 aromatic heterocycles. The zero-order chi connectivity index (χ0) is 18.1. The summed E-state index contributed by atoms with van der Waals surface area (Å²) in [6.07, 6.45) is 0.826. The van der Waals surface area contributed by atoms with E-state index in [1.165, 1.54) is 20.7 Å². The predicted molar refractivity (Wildman–Crippen MR) is 101 cm³/mol. The van der Waals surface area contributed by atoms with Gasteiger partial charge in [-0.15, -0.1) is 11.3 Å². The molecule has 0 unspecified atom stereocenters. The van der Waals surface area contributed by atoms with E-state index >= 15 is 0 Å². The Hall–Kier alpha value is -2.71. The topological polar surface area (TPSA) is 69.1 Å². The van der Waals surface area contributed by atoms with Crippen LogP contribution in [-0.4, -0.2) is 31.7 Å². The van der Waals surface area contributed by atoms with Crippen molar-refractivity contribution in [1.29, 1.82) is 0 Å². The van der Waals surface area contributed by atoms with E-state index in [1.54, 1.807) is 0 Å². The number of aromatic nitrogens is 4. The molecular formula is C18H19N5O2S. The monoisotopic (exact) mass is 369 g/mol. The predicted octanol–water partition coefficient (Wildman–Crippen LogP) is 2.89. The van der Waals surface area contributed by atoms with Crippen molar-refractivity contribution in [3.63, 3.8) is 0 Å². The Balaban J connectivity index is 1.57. The minimum Gasteiger partial charge on any atom is -0.461 e. The van der Waals surface area contributed by atoms with Crippen molar-refractivity contribution >= 4 is 22.3 Å². The van der Waals surface area contributed by atoms with Crippen LogP contribution in [0.25, 0.3) is 16.0 Å². The number of hydrogen-bond donors (Lipinski definition) is 0. The number of hydrogen-bond acceptors (Lipinski definition) is 6. The molecule has 0 bridgehead atoms. The zero-order valence-corrected chi connectivity index (χ0v) is 15.4. The Morgan fingerprint density at radius 2 is 2.04 bits per heavy atom. The van der Waals surface area contributed by atoms with Crippen molar-refractivity contribution in [3.05, 3.63) is 63.6 Å². The Kier molecular flexibility index (Phi) is 4.44. The van der Waals surface area contributed by atoms with Crippen molar-refractivity contribution in [2.24, 2.45) is 0 Å². The maximum atomic E-state index is 12.5. The highest BCUT2D eigenvalue weighted by Gasteiger charge is 2.16. The summed E-state index contributed by atoms with van der Waals surface area (Å²) in [6, 6.07) is 11.8. The summed E-state index contributed by atoms with van der Waals surface area (Å²) < 4.78 is 8.64. The summed E-state index contributed by atoms with van der Waals surface area (Å²) in [4.78, 5) is 14.5. The minimum absolute atomic E-state index is 0.243. The van der Waals surface area contributed by atoms with Crippen molar-refractivity contribution in [2.75, 3.05) is 7.05 Å². The van der Waals surface area contributed by atoms with Crippen LogP contribution in [0.2, 0.25) is 0 Å². The van der Waals surface area contributed by atoms with Gasteiger partial charge in [-0.05, 0) is 41.1 Å². The molecule has 0 aliphatic heterocycles. The molecule has 1 aromatic carbocycles. The number of rotatable bonds is 6. The molecule has 0 N–H and O–H groups in total. The third-order valence-electron chi connectivity index (χ3n) is 4.26. The van der Waals surface area contributed by atoms with Gasteiger partial charge < -0.3 is 4.42 Å². The Bertz CT molecular complexity index is 1080. The maximum Gasteiger partial charge on any atom is 0.370 e. The summed E-state index contributed by atoms with van der Waals surface area (Å²) in [7, 11) is 1.96. The van der Waals surface area contributed by atoms with Crippen LogP contribution >= 0.6 is 11.3 Å². The van der Waals surface area contributed by atoms with Crippen LogP contribution in [0.3, 0.4) is 0 Å². The normalized spacial score (nSPS) is 11.7. The largest absolute Gasteiger partial charge is 0.461 e. The van der Waals surface area contributed by atoms with Crippen LogP contribution in [0, 0.1) is 0 Å². The number of aryl methyl sites for hydroxylation is 1. The molecule has 0 amide bonds. The van der Waals surface area contributed by atoms with Gasteiger partial charge in [0.1, 0.15) is 23.0 Å². The highest BCUT2D eigenvalue weighted by molar-refractivity contribution is 7.12. The van der Waals surface area contributed by atoms with Crippen molar-refractivity contribution < 1.29 is 4.42 Å². The summed E-state index contributed by atoms with van der Waals surface area (Å²) in [6.45, 7) is 3.10. The molecule has 0 saturated carbocycles. The molecule has 0 radical (unpaired) electrons. The van der Waals surface area contributed by atoms with Gasteiger partial charge in [0.25, 0.3) is 0 Å². The van der Waals surface area contributed by atoms with Crippen molar-refractivity contribution in [2.45, 2.75) is 26.6 Å². The third kappa shape index (κ3) is 2.97. The number of para-hydroxylation sites is 1. The molecule has 8 heteroatoms. The molecule has 3 heterocycles. The SMILES string of the molecule is CCc1oc2ccccc2c1CN(C)Cn1nnn(-c2cccs2)c1=O. The van der Waals surface area contributed by atoms with Crippen LogP contribution in [-0.2, 0) is 19.6 Å². The lowest BCUT2D eigenvalue weighted by Crippen LogP contribution is -2.31. The van der Waals surface area contributed by atoms with E-state index in [9.17, 15) is 4.79 Å². The lowest BCUT2D eigenvalue weighted by molar-refractivity contribution is 0.238. The van der Waals surface area contributed by atoms with Gasteiger partial charge in [0.05, 0.1) is 0 Å². The molecule has 4 rings (SSSR count). The third-order valence-corrected chi connectivity index (χ3v) is 5.10. The molecule has 0 fully saturated rings. The second-order valence-electron chi connectivity index (χ2n) is 6.13. The fraction of sp³-hybridized carbons (Fsp3) is 0.278. The molecular weight excluding hydrogens is 350 g/mol. The number of fused-ring (bicyclic) bond motifs is 1. The van der Waals surface area contributed by atoms with Gasteiger partial charge >= 0.3 is 5.69 Å². The van der Waals surface area contributed by atoms with Crippen LogP contribution in [0.5, 0.6) is 0 Å². The van der Waals surface area contributed by atoms with E-state index in [2.05, 4.69) is 23.4 Å². The van der Waals surface area contributed by atoms with E-state index in [1.807, 2.05) is 47.7 Å². The molecule has 4 aromatic rings. The average molecular weight is 369 g/mol.